The second-order valence-electron chi connectivity index (χ2n) is 6.86. The average Bonchev–Trinajstić information content (AvgIpc) is 2.96. The molecule has 0 aliphatic carbocycles. The molecule has 0 aromatic heterocycles. The quantitative estimate of drug-likeness (QED) is 0.546. The second-order valence-corrected chi connectivity index (χ2v) is 9.53. The van der Waals surface area contributed by atoms with Crippen molar-refractivity contribution < 1.29 is 22.8 Å². The number of carbonyl (C=O) groups is 3. The first kappa shape index (κ1) is 22.0. The van der Waals surface area contributed by atoms with Crippen LogP contribution < -0.4 is 5.32 Å². The van der Waals surface area contributed by atoms with Gasteiger partial charge in [0.15, 0.2) is 5.78 Å². The molecule has 162 valence electrons. The van der Waals surface area contributed by atoms with Crippen molar-refractivity contribution in [3.63, 3.8) is 0 Å². The fourth-order valence-electron chi connectivity index (χ4n) is 3.31. The zero-order valence-electron chi connectivity index (χ0n) is 16.2. The van der Waals surface area contributed by atoms with Crippen LogP contribution >= 0.6 is 23.2 Å². The number of nitrogens with zero attached hydrogens (tertiary/aromatic N) is 1. The molecule has 0 atom stereocenters. The number of anilines is 1. The lowest BCUT2D eigenvalue weighted by Crippen LogP contribution is -2.37. The molecule has 1 aliphatic heterocycles. The Morgan fingerprint density at radius 2 is 1.59 bits per heavy atom. The maximum absolute atomic E-state index is 13.0. The van der Waals surface area contributed by atoms with E-state index in [1.54, 1.807) is 18.2 Å². The van der Waals surface area contributed by atoms with Gasteiger partial charge in [0, 0.05) is 16.1 Å². The van der Waals surface area contributed by atoms with Crippen LogP contribution in [0.3, 0.4) is 0 Å². The molecule has 0 bridgehead atoms. The molecule has 1 heterocycles. The highest BCUT2D eigenvalue weighted by atomic mass is 35.5. The molecule has 0 unspecified atom stereocenters. The lowest BCUT2D eigenvalue weighted by atomic mass is 10.0. The van der Waals surface area contributed by atoms with Crippen molar-refractivity contribution in [1.29, 1.82) is 0 Å². The monoisotopic (exact) mass is 488 g/mol. The summed E-state index contributed by atoms with van der Waals surface area (Å²) in [6.07, 6.45) is 0. The molecule has 1 aliphatic rings. The van der Waals surface area contributed by atoms with Crippen molar-refractivity contribution in [2.24, 2.45) is 0 Å². The van der Waals surface area contributed by atoms with E-state index in [1.165, 1.54) is 48.5 Å². The van der Waals surface area contributed by atoms with E-state index in [0.717, 1.165) is 0 Å². The van der Waals surface area contributed by atoms with Gasteiger partial charge in [-0.1, -0.05) is 47.5 Å². The van der Waals surface area contributed by atoms with Crippen molar-refractivity contribution in [1.82, 2.24) is 4.31 Å². The normalized spacial score (nSPS) is 14.2. The number of halogens is 2. The lowest BCUT2D eigenvalue weighted by Gasteiger charge is -2.16. The maximum Gasteiger partial charge on any atom is 0.269 e. The van der Waals surface area contributed by atoms with Gasteiger partial charge in [0.2, 0.25) is 5.91 Å². The summed E-state index contributed by atoms with van der Waals surface area (Å²) in [4.78, 5) is 38.1. The summed E-state index contributed by atoms with van der Waals surface area (Å²) in [7, 11) is -4.15. The Bertz CT molecular complexity index is 1390. The molecule has 32 heavy (non-hydrogen) atoms. The minimum absolute atomic E-state index is 0.00128. The molecule has 0 fully saturated rings. The molecule has 10 heteroatoms. The van der Waals surface area contributed by atoms with E-state index in [-0.39, 0.29) is 37.3 Å². The van der Waals surface area contributed by atoms with Crippen LogP contribution in [0.4, 0.5) is 5.69 Å². The smallest absolute Gasteiger partial charge is 0.269 e. The highest BCUT2D eigenvalue weighted by Crippen LogP contribution is 2.30. The third kappa shape index (κ3) is 3.88. The topological polar surface area (TPSA) is 101 Å². The van der Waals surface area contributed by atoms with E-state index in [4.69, 9.17) is 23.2 Å². The fraction of sp³-hybridized carbons (Fsp3) is 0.0455. The van der Waals surface area contributed by atoms with E-state index < -0.39 is 34.2 Å². The standard InChI is InChI=1S/C22H14Cl2N2O5S/c23-13-9-10-18(16(11-13)21(28)14-5-1-3-7-17(14)24)25-20(27)12-26-22(29)15-6-2-4-8-19(15)32(26,30)31/h1-11H,12H2,(H,25,27). The summed E-state index contributed by atoms with van der Waals surface area (Å²) in [5.74, 6) is -2.07. The van der Waals surface area contributed by atoms with Crippen molar-refractivity contribution in [2.45, 2.75) is 4.90 Å². The number of amides is 2. The third-order valence-electron chi connectivity index (χ3n) is 4.82. The van der Waals surface area contributed by atoms with Gasteiger partial charge in [0.05, 0.1) is 16.3 Å². The molecule has 1 N–H and O–H groups in total. The van der Waals surface area contributed by atoms with Gasteiger partial charge in [0.1, 0.15) is 11.4 Å². The van der Waals surface area contributed by atoms with Crippen molar-refractivity contribution in [3.05, 3.63) is 93.5 Å². The van der Waals surface area contributed by atoms with Gasteiger partial charge in [0.25, 0.3) is 15.9 Å². The minimum atomic E-state index is -4.15. The number of benzene rings is 3. The number of sulfonamides is 1. The van der Waals surface area contributed by atoms with E-state index in [9.17, 15) is 22.8 Å². The van der Waals surface area contributed by atoms with E-state index in [0.29, 0.717) is 4.31 Å². The first-order valence-electron chi connectivity index (χ1n) is 9.25. The van der Waals surface area contributed by atoms with Gasteiger partial charge >= 0.3 is 0 Å². The SMILES string of the molecule is O=C(CN1C(=O)c2ccccc2S1(=O)=O)Nc1ccc(Cl)cc1C(=O)c1ccccc1Cl. The zero-order chi connectivity index (χ0) is 23.0. The maximum atomic E-state index is 13.0. The Hall–Kier alpha value is -3.20. The molecular weight excluding hydrogens is 475 g/mol. The van der Waals surface area contributed by atoms with Gasteiger partial charge in [-0.3, -0.25) is 14.4 Å². The summed E-state index contributed by atoms with van der Waals surface area (Å²) >= 11 is 12.2. The number of carbonyl (C=O) groups excluding carboxylic acids is 3. The number of fused-ring (bicyclic) bond motifs is 1. The highest BCUT2D eigenvalue weighted by Gasteiger charge is 2.41. The third-order valence-corrected chi connectivity index (χ3v) is 7.17. The average molecular weight is 489 g/mol. The van der Waals surface area contributed by atoms with Gasteiger partial charge in [-0.2, -0.15) is 0 Å². The Balaban J connectivity index is 1.61. The second kappa shape index (κ2) is 8.38. The molecule has 4 rings (SSSR count). The summed E-state index contributed by atoms with van der Waals surface area (Å²) < 4.78 is 25.8. The summed E-state index contributed by atoms with van der Waals surface area (Å²) in [6, 6.07) is 16.4. The van der Waals surface area contributed by atoms with Crippen LogP contribution in [0, 0.1) is 0 Å². The summed E-state index contributed by atoms with van der Waals surface area (Å²) in [6.45, 7) is -0.752. The lowest BCUT2D eigenvalue weighted by molar-refractivity contribution is -0.116. The van der Waals surface area contributed by atoms with Crippen LogP contribution in [0.25, 0.3) is 0 Å². The van der Waals surface area contributed by atoms with Crippen molar-refractivity contribution in [3.8, 4) is 0 Å². The molecular formula is C22H14Cl2N2O5S. The largest absolute Gasteiger partial charge is 0.324 e. The van der Waals surface area contributed by atoms with Crippen molar-refractivity contribution >= 4 is 56.5 Å². The van der Waals surface area contributed by atoms with Crippen LogP contribution in [0.5, 0.6) is 0 Å². The van der Waals surface area contributed by atoms with E-state index >= 15 is 0 Å². The van der Waals surface area contributed by atoms with Gasteiger partial charge < -0.3 is 5.32 Å². The Kier molecular flexibility index (Phi) is 5.77. The Morgan fingerprint density at radius 3 is 2.31 bits per heavy atom. The predicted molar refractivity (Wildman–Crippen MR) is 120 cm³/mol. The molecule has 7 nitrogen and oxygen atoms in total. The van der Waals surface area contributed by atoms with E-state index in [2.05, 4.69) is 5.32 Å². The molecule has 3 aromatic rings. The number of hydrogen-bond donors (Lipinski definition) is 1. The van der Waals surface area contributed by atoms with Crippen LogP contribution in [-0.4, -0.2) is 36.9 Å². The van der Waals surface area contributed by atoms with Gasteiger partial charge in [-0.25, -0.2) is 12.7 Å². The number of rotatable bonds is 5. The predicted octanol–water partition coefficient (Wildman–Crippen LogP) is 4.01. The van der Waals surface area contributed by atoms with Crippen molar-refractivity contribution in [2.75, 3.05) is 11.9 Å². The zero-order valence-corrected chi connectivity index (χ0v) is 18.5. The first-order valence-corrected chi connectivity index (χ1v) is 11.4. The van der Waals surface area contributed by atoms with Gasteiger partial charge in [-0.15, -0.1) is 0 Å². The Labute approximate surface area is 193 Å². The van der Waals surface area contributed by atoms with Crippen LogP contribution in [0.2, 0.25) is 10.0 Å². The first-order chi connectivity index (χ1) is 15.2. The van der Waals surface area contributed by atoms with Gasteiger partial charge in [-0.05, 0) is 42.5 Å². The fourth-order valence-corrected chi connectivity index (χ4v) is 5.23. The number of nitrogens with one attached hydrogen (secondary N) is 1. The Morgan fingerprint density at radius 1 is 0.906 bits per heavy atom. The highest BCUT2D eigenvalue weighted by molar-refractivity contribution is 7.90. The number of hydrogen-bond acceptors (Lipinski definition) is 5. The van der Waals surface area contributed by atoms with Crippen LogP contribution in [0.1, 0.15) is 26.3 Å². The molecule has 0 saturated carbocycles. The minimum Gasteiger partial charge on any atom is -0.324 e. The molecule has 0 radical (unpaired) electrons. The number of ketones is 1. The van der Waals surface area contributed by atoms with E-state index in [1.807, 2.05) is 0 Å². The van der Waals surface area contributed by atoms with Crippen LogP contribution in [-0.2, 0) is 14.8 Å². The molecule has 2 amide bonds. The molecule has 3 aromatic carbocycles. The van der Waals surface area contributed by atoms with Crippen LogP contribution in [0.15, 0.2) is 71.6 Å². The summed E-state index contributed by atoms with van der Waals surface area (Å²) in [5.41, 5.74) is 0.379. The molecule has 0 spiro atoms. The molecule has 0 saturated heterocycles. The summed E-state index contributed by atoms with van der Waals surface area (Å²) in [5, 5.41) is 2.98.